The number of nitrogens with one attached hydrogen (secondary N) is 1. The van der Waals surface area contributed by atoms with Gasteiger partial charge in [-0.1, -0.05) is 6.08 Å². The van der Waals surface area contributed by atoms with Crippen molar-refractivity contribution in [3.63, 3.8) is 0 Å². The molecule has 3 nitrogen and oxygen atoms in total. The summed E-state index contributed by atoms with van der Waals surface area (Å²) in [4.78, 5) is 2.26. The first-order valence-corrected chi connectivity index (χ1v) is 6.46. The molecule has 0 aliphatic carbocycles. The number of nitrogens with zero attached hydrogens (tertiary/aromatic N) is 1. The smallest absolute Gasteiger partial charge is 0.119 e. The molecule has 0 amide bonds. The largest absolute Gasteiger partial charge is 0.494 e. The van der Waals surface area contributed by atoms with Crippen LogP contribution in [0.25, 0.3) is 0 Å². The van der Waals surface area contributed by atoms with E-state index in [4.69, 9.17) is 4.74 Å². The van der Waals surface area contributed by atoms with Crippen LogP contribution in [0, 0.1) is 0 Å². The van der Waals surface area contributed by atoms with Gasteiger partial charge in [0.15, 0.2) is 0 Å². The van der Waals surface area contributed by atoms with E-state index in [2.05, 4.69) is 23.8 Å². The Morgan fingerprint density at radius 1 is 1.28 bits per heavy atom. The molecule has 1 aromatic carbocycles. The highest BCUT2D eigenvalue weighted by Crippen LogP contribution is 2.15. The molecule has 0 unspecified atom stereocenters. The van der Waals surface area contributed by atoms with E-state index in [9.17, 15) is 0 Å². The van der Waals surface area contributed by atoms with E-state index in [1.165, 1.54) is 0 Å². The second-order valence-electron chi connectivity index (χ2n) is 4.38. The van der Waals surface area contributed by atoms with Crippen molar-refractivity contribution in [2.75, 3.05) is 39.1 Å². The summed E-state index contributed by atoms with van der Waals surface area (Å²) in [6, 6.07) is 8.03. The molecule has 1 N–H and O–H groups in total. The topological polar surface area (TPSA) is 24.5 Å². The van der Waals surface area contributed by atoms with Crippen LogP contribution in [-0.4, -0.2) is 38.7 Å². The molecular weight excluding hydrogens is 224 g/mol. The van der Waals surface area contributed by atoms with Crippen molar-refractivity contribution in [1.29, 1.82) is 0 Å². The van der Waals surface area contributed by atoms with Crippen LogP contribution >= 0.6 is 0 Å². The van der Waals surface area contributed by atoms with Crippen molar-refractivity contribution in [3.05, 3.63) is 36.9 Å². The number of likely N-dealkylation sites (N-methyl/N-ethyl adjacent to an activating group) is 1. The quantitative estimate of drug-likeness (QED) is 0.537. The van der Waals surface area contributed by atoms with Crippen molar-refractivity contribution in [2.45, 2.75) is 12.8 Å². The summed E-state index contributed by atoms with van der Waals surface area (Å²) in [6.07, 6.45) is 4.16. The summed E-state index contributed by atoms with van der Waals surface area (Å²) in [5, 5.41) is 3.09. The summed E-state index contributed by atoms with van der Waals surface area (Å²) in [7, 11) is 4.02. The van der Waals surface area contributed by atoms with Crippen LogP contribution in [0.1, 0.15) is 12.8 Å². The first-order valence-electron chi connectivity index (χ1n) is 6.46. The summed E-state index contributed by atoms with van der Waals surface area (Å²) >= 11 is 0. The van der Waals surface area contributed by atoms with E-state index in [0.29, 0.717) is 0 Å². The Kier molecular flexibility index (Phi) is 6.96. The molecule has 3 heteroatoms. The number of benzene rings is 1. The van der Waals surface area contributed by atoms with E-state index in [0.717, 1.165) is 44.0 Å². The number of ether oxygens (including phenoxy) is 1. The third-order valence-corrected chi connectivity index (χ3v) is 2.79. The average molecular weight is 248 g/mol. The zero-order valence-electron chi connectivity index (χ0n) is 11.5. The Morgan fingerprint density at radius 3 is 2.61 bits per heavy atom. The van der Waals surface area contributed by atoms with Crippen LogP contribution in [0.2, 0.25) is 0 Å². The van der Waals surface area contributed by atoms with Gasteiger partial charge in [-0.25, -0.2) is 0 Å². The summed E-state index contributed by atoms with van der Waals surface area (Å²) < 4.78 is 5.68. The van der Waals surface area contributed by atoms with Crippen molar-refractivity contribution in [2.24, 2.45) is 0 Å². The fourth-order valence-electron chi connectivity index (χ4n) is 1.70. The molecule has 0 aliphatic heterocycles. The second kappa shape index (κ2) is 8.59. The van der Waals surface area contributed by atoms with Gasteiger partial charge in [-0.15, -0.1) is 6.58 Å². The van der Waals surface area contributed by atoms with E-state index in [1.807, 2.05) is 37.4 Å². The van der Waals surface area contributed by atoms with Crippen LogP contribution in [0.15, 0.2) is 36.9 Å². The number of hydrogen-bond acceptors (Lipinski definition) is 3. The Morgan fingerprint density at radius 2 is 2.00 bits per heavy atom. The predicted molar refractivity (Wildman–Crippen MR) is 78.4 cm³/mol. The number of unbranched alkanes of at least 4 members (excludes halogenated alkanes) is 1. The van der Waals surface area contributed by atoms with E-state index in [-0.39, 0.29) is 0 Å². The summed E-state index contributed by atoms with van der Waals surface area (Å²) in [5.41, 5.74) is 1.10. The Hall–Kier alpha value is -1.48. The lowest BCUT2D eigenvalue weighted by Crippen LogP contribution is -2.19. The minimum Gasteiger partial charge on any atom is -0.494 e. The van der Waals surface area contributed by atoms with Crippen LogP contribution in [-0.2, 0) is 0 Å². The van der Waals surface area contributed by atoms with Gasteiger partial charge < -0.3 is 15.0 Å². The number of hydrogen-bond donors (Lipinski definition) is 1. The molecular formula is C15H24N2O. The Balaban J connectivity index is 2.11. The van der Waals surface area contributed by atoms with Gasteiger partial charge in [0.05, 0.1) is 6.61 Å². The Bertz CT molecular complexity index is 335. The van der Waals surface area contributed by atoms with Crippen molar-refractivity contribution < 1.29 is 4.74 Å². The molecule has 1 rings (SSSR count). The molecule has 0 saturated carbocycles. The lowest BCUT2D eigenvalue weighted by molar-refractivity contribution is 0.287. The Labute approximate surface area is 110 Å². The maximum Gasteiger partial charge on any atom is 0.119 e. The molecule has 0 atom stereocenters. The van der Waals surface area contributed by atoms with E-state index < -0.39 is 0 Å². The molecule has 1 aromatic rings. The third kappa shape index (κ3) is 5.73. The maximum absolute atomic E-state index is 5.68. The minimum atomic E-state index is 0.779. The molecule has 0 spiro atoms. The van der Waals surface area contributed by atoms with Gasteiger partial charge in [0, 0.05) is 19.3 Å². The monoisotopic (exact) mass is 248 g/mol. The van der Waals surface area contributed by atoms with Crippen LogP contribution in [0.3, 0.4) is 0 Å². The van der Waals surface area contributed by atoms with Gasteiger partial charge in [-0.05, 0) is 50.7 Å². The molecule has 0 heterocycles. The highest BCUT2D eigenvalue weighted by atomic mass is 16.5. The van der Waals surface area contributed by atoms with E-state index >= 15 is 0 Å². The first-order chi connectivity index (χ1) is 8.76. The first kappa shape index (κ1) is 14.6. The van der Waals surface area contributed by atoms with Gasteiger partial charge in [0.2, 0.25) is 0 Å². The zero-order valence-corrected chi connectivity index (χ0v) is 11.5. The van der Waals surface area contributed by atoms with Crippen molar-refractivity contribution in [1.82, 2.24) is 4.90 Å². The average Bonchev–Trinajstić information content (AvgIpc) is 2.39. The lowest BCUT2D eigenvalue weighted by Gasteiger charge is -2.13. The molecule has 0 aromatic heterocycles. The second-order valence-corrected chi connectivity index (χ2v) is 4.38. The molecule has 0 radical (unpaired) electrons. The number of anilines is 1. The molecule has 0 bridgehead atoms. The van der Waals surface area contributed by atoms with E-state index in [1.54, 1.807) is 0 Å². The number of rotatable bonds is 9. The SMILES string of the molecule is C=CCN(C)CCCCOc1ccc(NC)cc1. The highest BCUT2D eigenvalue weighted by molar-refractivity contribution is 5.45. The van der Waals surface area contributed by atoms with Gasteiger partial charge in [0.1, 0.15) is 5.75 Å². The van der Waals surface area contributed by atoms with Crippen LogP contribution in [0.4, 0.5) is 5.69 Å². The molecule has 0 fully saturated rings. The van der Waals surface area contributed by atoms with Gasteiger partial charge in [-0.3, -0.25) is 0 Å². The van der Waals surface area contributed by atoms with Crippen LogP contribution < -0.4 is 10.1 Å². The predicted octanol–water partition coefficient (Wildman–Crippen LogP) is 3.01. The van der Waals surface area contributed by atoms with Crippen LogP contribution in [0.5, 0.6) is 5.75 Å². The van der Waals surface area contributed by atoms with Gasteiger partial charge in [-0.2, -0.15) is 0 Å². The highest BCUT2D eigenvalue weighted by Gasteiger charge is 1.97. The summed E-state index contributed by atoms with van der Waals surface area (Å²) in [6.45, 7) is 6.55. The van der Waals surface area contributed by atoms with Crippen molar-refractivity contribution >= 4 is 5.69 Å². The molecule has 100 valence electrons. The zero-order chi connectivity index (χ0) is 13.2. The summed E-state index contributed by atoms with van der Waals surface area (Å²) in [5.74, 6) is 0.938. The maximum atomic E-state index is 5.68. The third-order valence-electron chi connectivity index (χ3n) is 2.79. The minimum absolute atomic E-state index is 0.779. The normalized spacial score (nSPS) is 10.4. The molecule has 0 aliphatic rings. The molecule has 18 heavy (non-hydrogen) atoms. The lowest BCUT2D eigenvalue weighted by atomic mass is 10.3. The standard InChI is InChI=1S/C15H24N2O/c1-4-11-17(3)12-5-6-13-18-15-9-7-14(16-2)8-10-15/h4,7-10,16H,1,5-6,11-13H2,2-3H3. The van der Waals surface area contributed by atoms with Gasteiger partial charge in [0.25, 0.3) is 0 Å². The molecule has 0 saturated heterocycles. The fraction of sp³-hybridized carbons (Fsp3) is 0.467. The fourth-order valence-corrected chi connectivity index (χ4v) is 1.70. The van der Waals surface area contributed by atoms with Gasteiger partial charge >= 0.3 is 0 Å². The van der Waals surface area contributed by atoms with Crippen molar-refractivity contribution in [3.8, 4) is 5.75 Å².